The van der Waals surface area contributed by atoms with Crippen molar-refractivity contribution in [2.45, 2.75) is 0 Å². The summed E-state index contributed by atoms with van der Waals surface area (Å²) in [6, 6.07) is 3.77. The Hall–Kier alpha value is -1.25. The molecular formula is C7H3F2O. The van der Waals surface area contributed by atoms with Crippen LogP contribution < -0.4 is 0 Å². The first kappa shape index (κ1) is 6.86. The molecule has 0 aliphatic rings. The van der Waals surface area contributed by atoms with E-state index >= 15 is 0 Å². The number of hydrogen-bond donors (Lipinski definition) is 0. The van der Waals surface area contributed by atoms with E-state index in [-0.39, 0.29) is 5.56 Å². The normalized spacial score (nSPS) is 9.40. The maximum atomic E-state index is 12.3. The summed E-state index contributed by atoms with van der Waals surface area (Å²) in [7, 11) is 0. The highest BCUT2D eigenvalue weighted by Crippen LogP contribution is 2.05. The number of aldehydes is 1. The van der Waals surface area contributed by atoms with Crippen molar-refractivity contribution in [1.82, 2.24) is 0 Å². The van der Waals surface area contributed by atoms with E-state index in [0.29, 0.717) is 6.29 Å². The first-order chi connectivity index (χ1) is 4.74. The average molecular weight is 141 g/mol. The molecular weight excluding hydrogens is 138 g/mol. The van der Waals surface area contributed by atoms with Gasteiger partial charge in [-0.1, -0.05) is 0 Å². The van der Waals surface area contributed by atoms with E-state index in [2.05, 4.69) is 0 Å². The third-order valence-electron chi connectivity index (χ3n) is 1.02. The Morgan fingerprint density at radius 2 is 2.10 bits per heavy atom. The zero-order valence-corrected chi connectivity index (χ0v) is 4.90. The number of rotatable bonds is 1. The zero-order chi connectivity index (χ0) is 7.56. The number of halogens is 2. The quantitative estimate of drug-likeness (QED) is 0.542. The lowest BCUT2D eigenvalue weighted by molar-refractivity contribution is 0.111. The SMILES string of the molecule is O=Cc1ccc(F)[c]c1F. The fraction of sp³-hybridized carbons (Fsp3) is 0. The van der Waals surface area contributed by atoms with Crippen molar-refractivity contribution in [3.63, 3.8) is 0 Å². The van der Waals surface area contributed by atoms with Gasteiger partial charge in [-0.25, -0.2) is 8.78 Å². The van der Waals surface area contributed by atoms with Crippen molar-refractivity contribution in [2.75, 3.05) is 0 Å². The first-order valence-corrected chi connectivity index (χ1v) is 2.56. The summed E-state index contributed by atoms with van der Waals surface area (Å²) in [5.74, 6) is -1.75. The summed E-state index contributed by atoms with van der Waals surface area (Å²) >= 11 is 0. The van der Waals surface area contributed by atoms with E-state index in [1.807, 2.05) is 0 Å². The van der Waals surface area contributed by atoms with E-state index in [4.69, 9.17) is 0 Å². The fourth-order valence-corrected chi connectivity index (χ4v) is 0.546. The Bertz CT molecular complexity index is 258. The molecule has 0 aliphatic carbocycles. The maximum absolute atomic E-state index is 12.3. The van der Waals surface area contributed by atoms with Gasteiger partial charge in [-0.3, -0.25) is 4.79 Å². The van der Waals surface area contributed by atoms with E-state index in [1.165, 1.54) is 0 Å². The van der Waals surface area contributed by atoms with Crippen molar-refractivity contribution in [3.8, 4) is 0 Å². The molecule has 1 aromatic rings. The molecule has 1 aromatic carbocycles. The summed E-state index contributed by atoms with van der Waals surface area (Å²) in [6.45, 7) is 0. The number of carbonyl (C=O) groups excluding carboxylic acids is 1. The summed E-state index contributed by atoms with van der Waals surface area (Å²) in [5.41, 5.74) is -0.179. The second-order valence-corrected chi connectivity index (χ2v) is 1.69. The molecule has 1 nitrogen and oxygen atoms in total. The van der Waals surface area contributed by atoms with Gasteiger partial charge in [-0.05, 0) is 12.1 Å². The van der Waals surface area contributed by atoms with Crippen LogP contribution in [0.2, 0.25) is 0 Å². The van der Waals surface area contributed by atoms with Gasteiger partial charge in [0.15, 0.2) is 6.29 Å². The first-order valence-electron chi connectivity index (χ1n) is 2.56. The third-order valence-corrected chi connectivity index (χ3v) is 1.02. The molecule has 0 bridgehead atoms. The van der Waals surface area contributed by atoms with Crippen molar-refractivity contribution >= 4 is 6.29 Å². The van der Waals surface area contributed by atoms with Gasteiger partial charge in [0.25, 0.3) is 0 Å². The molecule has 1 radical (unpaired) electrons. The Kier molecular flexibility index (Phi) is 1.76. The molecule has 0 saturated carbocycles. The van der Waals surface area contributed by atoms with Crippen molar-refractivity contribution < 1.29 is 13.6 Å². The van der Waals surface area contributed by atoms with E-state index in [9.17, 15) is 13.6 Å². The van der Waals surface area contributed by atoms with Crippen molar-refractivity contribution in [2.24, 2.45) is 0 Å². The van der Waals surface area contributed by atoms with Crippen LogP contribution in [0.5, 0.6) is 0 Å². The average Bonchev–Trinajstić information content (AvgIpc) is 1.88. The lowest BCUT2D eigenvalue weighted by atomic mass is 10.2. The van der Waals surface area contributed by atoms with E-state index < -0.39 is 11.6 Å². The molecule has 0 saturated heterocycles. The van der Waals surface area contributed by atoms with Gasteiger partial charge in [0.2, 0.25) is 0 Å². The van der Waals surface area contributed by atoms with Crippen LogP contribution in [-0.2, 0) is 0 Å². The van der Waals surface area contributed by atoms with Crippen LogP contribution >= 0.6 is 0 Å². The van der Waals surface area contributed by atoms with Crippen LogP contribution in [0.1, 0.15) is 10.4 Å². The largest absolute Gasteiger partial charge is 0.298 e. The molecule has 0 amide bonds. The van der Waals surface area contributed by atoms with Crippen molar-refractivity contribution in [1.29, 1.82) is 0 Å². The Labute approximate surface area is 56.3 Å². The molecule has 3 heteroatoms. The number of hydrogen-bond acceptors (Lipinski definition) is 1. The second-order valence-electron chi connectivity index (χ2n) is 1.69. The van der Waals surface area contributed by atoms with Crippen LogP contribution in [0.3, 0.4) is 0 Å². The minimum atomic E-state index is -0.949. The van der Waals surface area contributed by atoms with Crippen LogP contribution in [0.15, 0.2) is 12.1 Å². The lowest BCUT2D eigenvalue weighted by Gasteiger charge is -1.90. The topological polar surface area (TPSA) is 17.1 Å². The summed E-state index contributed by atoms with van der Waals surface area (Å²) in [6.07, 6.45) is 0.311. The van der Waals surface area contributed by atoms with Gasteiger partial charge in [-0.2, -0.15) is 0 Å². The predicted octanol–water partition coefficient (Wildman–Crippen LogP) is 1.58. The molecule has 0 heterocycles. The molecule has 0 fully saturated rings. The molecule has 0 spiro atoms. The highest BCUT2D eigenvalue weighted by atomic mass is 19.1. The van der Waals surface area contributed by atoms with Crippen LogP contribution in [0, 0.1) is 17.7 Å². The minimum absolute atomic E-state index is 0.179. The van der Waals surface area contributed by atoms with Gasteiger partial charge in [0.05, 0.1) is 11.6 Å². The van der Waals surface area contributed by atoms with E-state index in [1.54, 1.807) is 6.07 Å². The molecule has 1 rings (SSSR count). The van der Waals surface area contributed by atoms with Gasteiger partial charge < -0.3 is 0 Å². The zero-order valence-electron chi connectivity index (χ0n) is 4.90. The summed E-state index contributed by atoms with van der Waals surface area (Å²) < 4.78 is 24.4. The molecule has 0 aliphatic heterocycles. The molecule has 0 atom stereocenters. The van der Waals surface area contributed by atoms with Crippen LogP contribution in [0.4, 0.5) is 8.78 Å². The van der Waals surface area contributed by atoms with Gasteiger partial charge >= 0.3 is 0 Å². The highest BCUT2D eigenvalue weighted by Gasteiger charge is 2.00. The fourth-order valence-electron chi connectivity index (χ4n) is 0.546. The minimum Gasteiger partial charge on any atom is -0.298 e. The van der Waals surface area contributed by atoms with Gasteiger partial charge in [0, 0.05) is 0 Å². The Balaban J connectivity index is 3.19. The number of benzene rings is 1. The smallest absolute Gasteiger partial charge is 0.153 e. The molecule has 0 unspecified atom stereocenters. The van der Waals surface area contributed by atoms with Crippen LogP contribution in [0.25, 0.3) is 0 Å². The second kappa shape index (κ2) is 2.56. The summed E-state index contributed by atoms with van der Waals surface area (Å²) in [5, 5.41) is 0. The highest BCUT2D eigenvalue weighted by molar-refractivity contribution is 5.74. The van der Waals surface area contributed by atoms with Crippen LogP contribution in [-0.4, -0.2) is 6.29 Å². The lowest BCUT2D eigenvalue weighted by Crippen LogP contribution is -1.88. The van der Waals surface area contributed by atoms with E-state index in [0.717, 1.165) is 12.1 Å². The molecule has 0 N–H and O–H groups in total. The Morgan fingerprint density at radius 1 is 1.40 bits per heavy atom. The predicted molar refractivity (Wildman–Crippen MR) is 30.6 cm³/mol. The van der Waals surface area contributed by atoms with Gasteiger partial charge in [-0.15, -0.1) is 0 Å². The monoisotopic (exact) mass is 141 g/mol. The molecule has 0 aromatic heterocycles. The summed E-state index contributed by atoms with van der Waals surface area (Å²) in [4.78, 5) is 9.96. The molecule has 10 heavy (non-hydrogen) atoms. The molecule has 51 valence electrons. The van der Waals surface area contributed by atoms with Gasteiger partial charge in [0.1, 0.15) is 11.6 Å². The maximum Gasteiger partial charge on any atom is 0.153 e. The standard InChI is InChI=1S/C7H3F2O/c8-6-2-1-5(4-10)7(9)3-6/h1-2,4H. The Morgan fingerprint density at radius 3 is 2.60 bits per heavy atom. The van der Waals surface area contributed by atoms with Crippen molar-refractivity contribution in [3.05, 3.63) is 35.4 Å². The third kappa shape index (κ3) is 1.18. The number of carbonyl (C=O) groups is 1.